The first kappa shape index (κ1) is 22.9. The Bertz CT molecular complexity index is 975. The van der Waals surface area contributed by atoms with Gasteiger partial charge >= 0.3 is 0 Å². The topological polar surface area (TPSA) is 69.0 Å². The maximum atomic E-state index is 12.4. The lowest BCUT2D eigenvalue weighted by Crippen LogP contribution is -2.33. The number of ether oxygens (including phenoxy) is 1. The molecule has 31 heavy (non-hydrogen) atoms. The van der Waals surface area contributed by atoms with Gasteiger partial charge in [-0.1, -0.05) is 67.6 Å². The van der Waals surface area contributed by atoms with Gasteiger partial charge < -0.3 is 14.6 Å². The fourth-order valence-electron chi connectivity index (χ4n) is 3.46. The Balaban J connectivity index is 1.81. The number of amides is 1. The minimum atomic E-state index is 0.0161. The number of thioether (sulfide) groups is 1. The summed E-state index contributed by atoms with van der Waals surface area (Å²) in [6.07, 6.45) is 2.86. The summed E-state index contributed by atoms with van der Waals surface area (Å²) >= 11 is 1.42. The third-order valence-corrected chi connectivity index (χ3v) is 5.96. The first-order chi connectivity index (χ1) is 15.1. The maximum Gasteiger partial charge on any atom is 0.230 e. The quantitative estimate of drug-likeness (QED) is 0.443. The maximum absolute atomic E-state index is 12.4. The molecule has 2 aromatic carbocycles. The second kappa shape index (κ2) is 11.6. The van der Waals surface area contributed by atoms with Crippen LogP contribution in [0.2, 0.25) is 0 Å². The van der Waals surface area contributed by atoms with Crippen molar-refractivity contribution in [3.8, 4) is 17.1 Å². The standard InChI is InChI=1S/C24H30N4O2S/c1-4-10-18(2)25-22(29)17-31-24-27-26-23(20-13-8-9-14-21(20)30-3)28(24)16-15-19-11-6-5-7-12-19/h5-9,11-14,18H,4,10,15-17H2,1-3H3,(H,25,29). The van der Waals surface area contributed by atoms with Crippen LogP contribution in [-0.4, -0.2) is 39.6 Å². The Morgan fingerprint density at radius 1 is 1.13 bits per heavy atom. The van der Waals surface area contributed by atoms with Crippen LogP contribution in [0.15, 0.2) is 59.8 Å². The summed E-state index contributed by atoms with van der Waals surface area (Å²) in [6.45, 7) is 4.86. The van der Waals surface area contributed by atoms with E-state index in [1.54, 1.807) is 7.11 Å². The number of para-hydroxylation sites is 1. The van der Waals surface area contributed by atoms with Crippen molar-refractivity contribution in [3.63, 3.8) is 0 Å². The number of benzene rings is 2. The Labute approximate surface area is 188 Å². The fourth-order valence-corrected chi connectivity index (χ4v) is 4.24. The lowest BCUT2D eigenvalue weighted by atomic mass is 10.1. The first-order valence-corrected chi connectivity index (χ1v) is 11.6. The van der Waals surface area contributed by atoms with E-state index < -0.39 is 0 Å². The Hall–Kier alpha value is -2.80. The molecule has 0 fully saturated rings. The minimum Gasteiger partial charge on any atom is -0.496 e. The predicted octanol–water partition coefficient (Wildman–Crippen LogP) is 4.59. The molecule has 164 valence electrons. The molecule has 0 radical (unpaired) electrons. The van der Waals surface area contributed by atoms with Crippen LogP contribution in [0.1, 0.15) is 32.3 Å². The van der Waals surface area contributed by atoms with Crippen LogP contribution in [0.5, 0.6) is 5.75 Å². The molecule has 1 unspecified atom stereocenters. The van der Waals surface area contributed by atoms with Crippen molar-refractivity contribution in [2.75, 3.05) is 12.9 Å². The van der Waals surface area contributed by atoms with Crippen molar-refractivity contribution >= 4 is 17.7 Å². The number of carbonyl (C=O) groups is 1. The van der Waals surface area contributed by atoms with Gasteiger partial charge in [-0.15, -0.1) is 10.2 Å². The molecule has 0 aliphatic rings. The van der Waals surface area contributed by atoms with Crippen LogP contribution in [0.25, 0.3) is 11.4 Å². The molecule has 0 aliphatic carbocycles. The van der Waals surface area contributed by atoms with Gasteiger partial charge in [0, 0.05) is 12.6 Å². The number of methoxy groups -OCH3 is 1. The van der Waals surface area contributed by atoms with E-state index in [0.29, 0.717) is 12.3 Å². The lowest BCUT2D eigenvalue weighted by molar-refractivity contribution is -0.119. The Morgan fingerprint density at radius 2 is 1.87 bits per heavy atom. The smallest absolute Gasteiger partial charge is 0.230 e. The van der Waals surface area contributed by atoms with Gasteiger partial charge in [0.25, 0.3) is 0 Å². The number of aryl methyl sites for hydroxylation is 1. The molecule has 0 bridgehead atoms. The summed E-state index contributed by atoms with van der Waals surface area (Å²) in [5, 5.41) is 12.6. The molecule has 1 N–H and O–H groups in total. The molecule has 1 aromatic heterocycles. The van der Waals surface area contributed by atoms with E-state index in [0.717, 1.165) is 41.6 Å². The van der Waals surface area contributed by atoms with E-state index in [1.165, 1.54) is 17.3 Å². The zero-order valence-electron chi connectivity index (χ0n) is 18.4. The number of nitrogens with one attached hydrogen (secondary N) is 1. The van der Waals surface area contributed by atoms with Gasteiger partial charge in [-0.2, -0.15) is 0 Å². The highest BCUT2D eigenvalue weighted by molar-refractivity contribution is 7.99. The Morgan fingerprint density at radius 3 is 2.61 bits per heavy atom. The third-order valence-electron chi connectivity index (χ3n) is 4.99. The summed E-state index contributed by atoms with van der Waals surface area (Å²) in [5.74, 6) is 1.82. The molecule has 0 saturated carbocycles. The van der Waals surface area contributed by atoms with Gasteiger partial charge in [0.2, 0.25) is 5.91 Å². The van der Waals surface area contributed by atoms with Crippen LogP contribution >= 0.6 is 11.8 Å². The number of hydrogen-bond donors (Lipinski definition) is 1. The van der Waals surface area contributed by atoms with Gasteiger partial charge in [0.15, 0.2) is 11.0 Å². The second-order valence-electron chi connectivity index (χ2n) is 7.44. The van der Waals surface area contributed by atoms with Gasteiger partial charge in [0.05, 0.1) is 18.4 Å². The average Bonchev–Trinajstić information content (AvgIpc) is 3.19. The summed E-state index contributed by atoms with van der Waals surface area (Å²) in [5.41, 5.74) is 2.13. The normalized spacial score (nSPS) is 11.8. The number of rotatable bonds is 11. The summed E-state index contributed by atoms with van der Waals surface area (Å²) in [6, 6.07) is 18.3. The van der Waals surface area contributed by atoms with E-state index in [2.05, 4.69) is 39.1 Å². The molecule has 6 nitrogen and oxygen atoms in total. The van der Waals surface area contributed by atoms with Gasteiger partial charge in [0.1, 0.15) is 5.75 Å². The summed E-state index contributed by atoms with van der Waals surface area (Å²) < 4.78 is 7.62. The highest BCUT2D eigenvalue weighted by atomic mass is 32.2. The van der Waals surface area contributed by atoms with Crippen LogP contribution in [0.4, 0.5) is 0 Å². The van der Waals surface area contributed by atoms with Crippen LogP contribution in [0.3, 0.4) is 0 Å². The van der Waals surface area contributed by atoms with E-state index in [1.807, 2.05) is 49.4 Å². The molecule has 3 rings (SSSR count). The van der Waals surface area contributed by atoms with E-state index in [-0.39, 0.29) is 11.9 Å². The summed E-state index contributed by atoms with van der Waals surface area (Å²) in [4.78, 5) is 12.4. The number of nitrogens with zero attached hydrogens (tertiary/aromatic N) is 3. The van der Waals surface area contributed by atoms with Crippen molar-refractivity contribution in [1.29, 1.82) is 0 Å². The van der Waals surface area contributed by atoms with Crippen molar-refractivity contribution in [2.45, 2.75) is 50.9 Å². The molecule has 1 heterocycles. The lowest BCUT2D eigenvalue weighted by Gasteiger charge is -2.14. The van der Waals surface area contributed by atoms with Crippen LogP contribution in [-0.2, 0) is 17.8 Å². The molecule has 3 aromatic rings. The summed E-state index contributed by atoms with van der Waals surface area (Å²) in [7, 11) is 1.65. The van der Waals surface area contributed by atoms with E-state index >= 15 is 0 Å². The van der Waals surface area contributed by atoms with Crippen molar-refractivity contribution in [1.82, 2.24) is 20.1 Å². The van der Waals surface area contributed by atoms with Crippen LogP contribution < -0.4 is 10.1 Å². The van der Waals surface area contributed by atoms with Crippen molar-refractivity contribution in [3.05, 3.63) is 60.2 Å². The number of hydrogen-bond acceptors (Lipinski definition) is 5. The zero-order valence-corrected chi connectivity index (χ0v) is 19.2. The Kier molecular flexibility index (Phi) is 8.53. The second-order valence-corrected chi connectivity index (χ2v) is 8.38. The minimum absolute atomic E-state index is 0.0161. The monoisotopic (exact) mass is 438 g/mol. The SMILES string of the molecule is CCCC(C)NC(=O)CSc1nnc(-c2ccccc2OC)n1CCc1ccccc1. The van der Waals surface area contributed by atoms with Crippen LogP contribution in [0, 0.1) is 0 Å². The number of carbonyl (C=O) groups excluding carboxylic acids is 1. The first-order valence-electron chi connectivity index (χ1n) is 10.6. The van der Waals surface area contributed by atoms with E-state index in [9.17, 15) is 4.79 Å². The fraction of sp³-hybridized carbons (Fsp3) is 0.375. The molecule has 0 spiro atoms. The van der Waals surface area contributed by atoms with Gasteiger partial charge in [-0.3, -0.25) is 4.79 Å². The zero-order chi connectivity index (χ0) is 22.1. The largest absolute Gasteiger partial charge is 0.496 e. The molecule has 0 saturated heterocycles. The molecule has 7 heteroatoms. The van der Waals surface area contributed by atoms with Crippen molar-refractivity contribution in [2.24, 2.45) is 0 Å². The molecule has 1 atom stereocenters. The predicted molar refractivity (Wildman–Crippen MR) is 125 cm³/mol. The number of aromatic nitrogens is 3. The third kappa shape index (κ3) is 6.34. The highest BCUT2D eigenvalue weighted by Gasteiger charge is 2.18. The highest BCUT2D eigenvalue weighted by Crippen LogP contribution is 2.31. The molecular formula is C24H30N4O2S. The average molecular weight is 439 g/mol. The van der Waals surface area contributed by atoms with Gasteiger partial charge in [-0.05, 0) is 37.5 Å². The van der Waals surface area contributed by atoms with Gasteiger partial charge in [-0.25, -0.2) is 0 Å². The molecular weight excluding hydrogens is 408 g/mol. The van der Waals surface area contributed by atoms with Crippen molar-refractivity contribution < 1.29 is 9.53 Å². The molecule has 1 amide bonds. The molecule has 0 aliphatic heterocycles. The van der Waals surface area contributed by atoms with E-state index in [4.69, 9.17) is 4.74 Å².